The van der Waals surface area contributed by atoms with Crippen molar-refractivity contribution in [2.24, 2.45) is 5.73 Å². The predicted octanol–water partition coefficient (Wildman–Crippen LogP) is 3.03. The van der Waals surface area contributed by atoms with Crippen molar-refractivity contribution in [3.05, 3.63) is 65.4 Å². The maximum Gasteiger partial charge on any atom is 0.182 e. The third-order valence-corrected chi connectivity index (χ3v) is 6.54. The van der Waals surface area contributed by atoms with Crippen molar-refractivity contribution in [3.8, 4) is 17.1 Å². The van der Waals surface area contributed by atoms with Crippen molar-refractivity contribution >= 4 is 5.82 Å². The summed E-state index contributed by atoms with van der Waals surface area (Å²) >= 11 is 0. The normalized spacial score (nSPS) is 18.4. The number of nitrogens with two attached hydrogens (primary N) is 1. The molecule has 36 heavy (non-hydrogen) atoms. The fourth-order valence-corrected chi connectivity index (χ4v) is 4.72. The maximum absolute atomic E-state index is 13.7. The van der Waals surface area contributed by atoms with Crippen molar-refractivity contribution in [2.45, 2.75) is 32.0 Å². The highest BCUT2D eigenvalue weighted by molar-refractivity contribution is 5.58. The van der Waals surface area contributed by atoms with E-state index in [2.05, 4.69) is 20.0 Å². The molecule has 10 heteroatoms. The summed E-state index contributed by atoms with van der Waals surface area (Å²) in [6, 6.07) is 12.0. The van der Waals surface area contributed by atoms with Crippen LogP contribution in [0.25, 0.3) is 11.4 Å². The number of rotatable bonds is 8. The van der Waals surface area contributed by atoms with E-state index in [1.807, 2.05) is 36.2 Å². The molecule has 0 aliphatic carbocycles. The number of halogens is 2. The molecular weight excluding hydrogens is 464 g/mol. The summed E-state index contributed by atoms with van der Waals surface area (Å²) in [5.74, 6) is 0.278. The van der Waals surface area contributed by atoms with Crippen LogP contribution in [0.2, 0.25) is 0 Å². The molecule has 1 saturated heterocycles. The van der Waals surface area contributed by atoms with Crippen molar-refractivity contribution in [2.75, 3.05) is 44.9 Å². The summed E-state index contributed by atoms with van der Waals surface area (Å²) in [5.41, 5.74) is 8.25. The fourth-order valence-electron chi connectivity index (χ4n) is 4.72. The number of hydrogen-bond acceptors (Lipinski definition) is 8. The van der Waals surface area contributed by atoms with Gasteiger partial charge in [-0.15, -0.1) is 10.2 Å². The Balaban J connectivity index is 1.22. The molecule has 0 radical (unpaired) electrons. The molecular formula is C26H31F2N7O. The van der Waals surface area contributed by atoms with Crippen molar-refractivity contribution < 1.29 is 13.5 Å². The Labute approximate surface area is 209 Å². The SMILES string of the molecule is CN1Cc2nc(-c3ccc(OCCCN4CCC(N)C4)cc3)nnc2N(Cc2ccc(F)c(F)c2)C1. The van der Waals surface area contributed by atoms with Crippen LogP contribution in [0.5, 0.6) is 5.75 Å². The topological polar surface area (TPSA) is 83.6 Å². The van der Waals surface area contributed by atoms with Crippen LogP contribution in [-0.4, -0.2) is 71.0 Å². The van der Waals surface area contributed by atoms with Gasteiger partial charge in [0, 0.05) is 37.8 Å². The molecule has 1 atom stereocenters. The first kappa shape index (κ1) is 24.5. The maximum atomic E-state index is 13.7. The Morgan fingerprint density at radius 3 is 2.67 bits per heavy atom. The van der Waals surface area contributed by atoms with Gasteiger partial charge in [0.25, 0.3) is 0 Å². The first-order valence-corrected chi connectivity index (χ1v) is 12.3. The van der Waals surface area contributed by atoms with Gasteiger partial charge in [0.05, 0.1) is 13.3 Å². The van der Waals surface area contributed by atoms with E-state index in [-0.39, 0.29) is 0 Å². The summed E-state index contributed by atoms with van der Waals surface area (Å²) in [5, 5.41) is 8.80. The van der Waals surface area contributed by atoms with Gasteiger partial charge in [-0.2, -0.15) is 0 Å². The van der Waals surface area contributed by atoms with Gasteiger partial charge in [-0.3, -0.25) is 4.90 Å². The molecule has 0 amide bonds. The zero-order chi connectivity index (χ0) is 25.1. The number of hydrogen-bond donors (Lipinski definition) is 1. The average Bonchev–Trinajstić information content (AvgIpc) is 3.29. The number of anilines is 1. The molecule has 0 bridgehead atoms. The van der Waals surface area contributed by atoms with E-state index >= 15 is 0 Å². The molecule has 3 aromatic rings. The molecule has 2 aromatic carbocycles. The van der Waals surface area contributed by atoms with E-state index in [9.17, 15) is 8.78 Å². The highest BCUT2D eigenvalue weighted by Crippen LogP contribution is 2.27. The first-order valence-electron chi connectivity index (χ1n) is 12.3. The summed E-state index contributed by atoms with van der Waals surface area (Å²) < 4.78 is 32.9. The molecule has 2 N–H and O–H groups in total. The molecule has 1 unspecified atom stereocenters. The van der Waals surface area contributed by atoms with E-state index in [4.69, 9.17) is 15.5 Å². The Bertz CT molecular complexity index is 1190. The average molecular weight is 496 g/mol. The highest BCUT2D eigenvalue weighted by Gasteiger charge is 2.25. The lowest BCUT2D eigenvalue weighted by atomic mass is 10.1. The fraction of sp³-hybridized carbons (Fsp3) is 0.423. The van der Waals surface area contributed by atoms with Gasteiger partial charge < -0.3 is 20.3 Å². The smallest absolute Gasteiger partial charge is 0.182 e. The zero-order valence-corrected chi connectivity index (χ0v) is 20.4. The zero-order valence-electron chi connectivity index (χ0n) is 20.4. The van der Waals surface area contributed by atoms with E-state index in [1.165, 1.54) is 6.07 Å². The molecule has 190 valence electrons. The van der Waals surface area contributed by atoms with Gasteiger partial charge in [-0.1, -0.05) is 6.07 Å². The Kier molecular flexibility index (Phi) is 7.35. The first-order chi connectivity index (χ1) is 17.4. The van der Waals surface area contributed by atoms with Crippen molar-refractivity contribution in [1.29, 1.82) is 0 Å². The van der Waals surface area contributed by atoms with Gasteiger partial charge in [-0.05, 0) is 68.4 Å². The highest BCUT2D eigenvalue weighted by atomic mass is 19.2. The molecule has 3 heterocycles. The lowest BCUT2D eigenvalue weighted by Gasteiger charge is -2.34. The van der Waals surface area contributed by atoms with E-state index in [1.54, 1.807) is 6.07 Å². The molecule has 1 fully saturated rings. The number of aromatic nitrogens is 3. The van der Waals surface area contributed by atoms with Crippen LogP contribution in [0.3, 0.4) is 0 Å². The van der Waals surface area contributed by atoms with Crippen molar-refractivity contribution in [1.82, 2.24) is 25.0 Å². The van der Waals surface area contributed by atoms with Gasteiger partial charge >= 0.3 is 0 Å². The molecule has 5 rings (SSSR count). The second-order valence-corrected chi connectivity index (χ2v) is 9.58. The van der Waals surface area contributed by atoms with Crippen LogP contribution in [-0.2, 0) is 13.1 Å². The number of nitrogens with zero attached hydrogens (tertiary/aromatic N) is 6. The lowest BCUT2D eigenvalue weighted by molar-refractivity contribution is 0.262. The number of benzene rings is 2. The number of likely N-dealkylation sites (tertiary alicyclic amines) is 1. The van der Waals surface area contributed by atoms with Crippen LogP contribution in [0, 0.1) is 11.6 Å². The lowest BCUT2D eigenvalue weighted by Crippen LogP contribution is -2.41. The standard InChI is InChI=1S/C26H31F2N7O/c1-33-16-24-26(35(17-33)14-18-3-8-22(27)23(28)13-18)32-31-25(30-24)19-4-6-21(7-5-19)36-12-2-10-34-11-9-20(29)15-34/h3-8,13,20H,2,9-12,14-17,29H2,1H3. The predicted molar refractivity (Wildman–Crippen MR) is 133 cm³/mol. The molecule has 2 aliphatic heterocycles. The Hall–Kier alpha value is -3.21. The number of ether oxygens (including phenoxy) is 1. The van der Waals surface area contributed by atoms with E-state index in [0.29, 0.717) is 49.6 Å². The van der Waals surface area contributed by atoms with Crippen LogP contribution in [0.15, 0.2) is 42.5 Å². The second-order valence-electron chi connectivity index (χ2n) is 9.58. The van der Waals surface area contributed by atoms with Crippen LogP contribution in [0.4, 0.5) is 14.6 Å². The van der Waals surface area contributed by atoms with Crippen LogP contribution in [0.1, 0.15) is 24.1 Å². The monoisotopic (exact) mass is 495 g/mol. The molecule has 0 spiro atoms. The largest absolute Gasteiger partial charge is 0.494 e. The van der Waals surface area contributed by atoms with Gasteiger partial charge in [0.15, 0.2) is 23.3 Å². The molecule has 1 aromatic heterocycles. The number of fused-ring (bicyclic) bond motifs is 1. The third kappa shape index (κ3) is 5.77. The van der Waals surface area contributed by atoms with Crippen LogP contribution >= 0.6 is 0 Å². The van der Waals surface area contributed by atoms with Crippen molar-refractivity contribution in [3.63, 3.8) is 0 Å². The van der Waals surface area contributed by atoms with Gasteiger partial charge in [-0.25, -0.2) is 13.8 Å². The minimum Gasteiger partial charge on any atom is -0.494 e. The van der Waals surface area contributed by atoms with E-state index < -0.39 is 11.6 Å². The Morgan fingerprint density at radius 2 is 1.92 bits per heavy atom. The summed E-state index contributed by atoms with van der Waals surface area (Å²) in [4.78, 5) is 11.2. The van der Waals surface area contributed by atoms with Gasteiger partial charge in [0.2, 0.25) is 0 Å². The summed E-state index contributed by atoms with van der Waals surface area (Å²) in [6.07, 6.45) is 2.03. The summed E-state index contributed by atoms with van der Waals surface area (Å²) in [6.45, 7) is 5.28. The minimum atomic E-state index is -0.860. The molecule has 2 aliphatic rings. The van der Waals surface area contributed by atoms with E-state index in [0.717, 1.165) is 55.5 Å². The van der Waals surface area contributed by atoms with Gasteiger partial charge in [0.1, 0.15) is 11.4 Å². The molecule has 0 saturated carbocycles. The summed E-state index contributed by atoms with van der Waals surface area (Å²) in [7, 11) is 1.98. The quantitative estimate of drug-likeness (QED) is 0.478. The third-order valence-electron chi connectivity index (χ3n) is 6.54. The minimum absolute atomic E-state index is 0.307. The second kappa shape index (κ2) is 10.8. The molecule has 8 nitrogen and oxygen atoms in total. The Morgan fingerprint density at radius 1 is 1.08 bits per heavy atom. The van der Waals surface area contributed by atoms with Crippen LogP contribution < -0.4 is 15.4 Å².